The Kier molecular flexibility index (Phi) is 6.31. The Balaban J connectivity index is 1.68. The molecule has 0 radical (unpaired) electrons. The third kappa shape index (κ3) is 5.53. The van der Waals surface area contributed by atoms with Gasteiger partial charge in [-0.3, -0.25) is 0 Å². The molecule has 1 saturated heterocycles. The van der Waals surface area contributed by atoms with E-state index >= 15 is 0 Å². The van der Waals surface area contributed by atoms with Crippen molar-refractivity contribution in [3.8, 4) is 5.75 Å². The number of anilines is 2. The highest BCUT2D eigenvalue weighted by Gasteiger charge is 2.32. The van der Waals surface area contributed by atoms with Crippen LogP contribution in [0.3, 0.4) is 0 Å². The van der Waals surface area contributed by atoms with Gasteiger partial charge in [-0.1, -0.05) is 30.3 Å². The molecule has 0 saturated carbocycles. The molecular weight excluding hydrogens is 371 g/mol. The fourth-order valence-corrected chi connectivity index (χ4v) is 3.31. The lowest BCUT2D eigenvalue weighted by atomic mass is 10.1. The Hall–Kier alpha value is -2.45. The third-order valence-corrected chi connectivity index (χ3v) is 4.66. The summed E-state index contributed by atoms with van der Waals surface area (Å²) in [5.41, 5.74) is 7.60. The summed E-state index contributed by atoms with van der Waals surface area (Å²) in [7, 11) is 2.04. The summed E-state index contributed by atoms with van der Waals surface area (Å²) in [5, 5.41) is 0. The number of piperazine rings is 1. The number of nitrogens with two attached hydrogens (primary N) is 1. The van der Waals surface area contributed by atoms with Gasteiger partial charge in [0.05, 0.1) is 24.9 Å². The van der Waals surface area contributed by atoms with Gasteiger partial charge in [-0.2, -0.15) is 0 Å². The van der Waals surface area contributed by atoms with Crippen molar-refractivity contribution in [3.63, 3.8) is 0 Å². The third-order valence-electron chi connectivity index (χ3n) is 4.66. The summed E-state index contributed by atoms with van der Waals surface area (Å²) in [6.45, 7) is 3.37. The molecule has 1 aliphatic rings. The molecule has 0 amide bonds. The molecule has 2 N–H and O–H groups in total. The molecule has 8 heteroatoms. The van der Waals surface area contributed by atoms with Crippen molar-refractivity contribution in [2.45, 2.75) is 19.0 Å². The second-order valence-electron chi connectivity index (χ2n) is 6.88. The van der Waals surface area contributed by atoms with Gasteiger partial charge in [0.15, 0.2) is 5.75 Å². The van der Waals surface area contributed by atoms with E-state index in [4.69, 9.17) is 10.5 Å². The fraction of sp³-hybridized carbons (Fsp3) is 0.400. The van der Waals surface area contributed by atoms with E-state index in [0.717, 1.165) is 30.9 Å². The topological polar surface area (TPSA) is 51.0 Å². The molecule has 3 rings (SSSR count). The molecule has 5 nitrogen and oxygen atoms in total. The van der Waals surface area contributed by atoms with Gasteiger partial charge in [0.1, 0.15) is 0 Å². The van der Waals surface area contributed by atoms with E-state index in [2.05, 4.69) is 14.5 Å². The highest BCUT2D eigenvalue weighted by Crippen LogP contribution is 2.32. The summed E-state index contributed by atoms with van der Waals surface area (Å²) in [6.07, 6.45) is -4.77. The maximum absolute atomic E-state index is 12.5. The zero-order chi connectivity index (χ0) is 20.1. The number of hydrogen-bond donors (Lipinski definition) is 1. The van der Waals surface area contributed by atoms with Crippen LogP contribution in [0.15, 0.2) is 48.5 Å². The van der Waals surface area contributed by atoms with Crippen LogP contribution in [0.1, 0.15) is 5.56 Å². The number of benzene rings is 2. The van der Waals surface area contributed by atoms with Crippen LogP contribution < -0.4 is 15.4 Å². The second-order valence-corrected chi connectivity index (χ2v) is 6.88. The minimum atomic E-state index is -4.77. The van der Waals surface area contributed by atoms with E-state index < -0.39 is 6.36 Å². The maximum atomic E-state index is 12.5. The Morgan fingerprint density at radius 2 is 1.86 bits per heavy atom. The van der Waals surface area contributed by atoms with Gasteiger partial charge in [-0.25, -0.2) is 0 Å². The Morgan fingerprint density at radius 3 is 2.54 bits per heavy atom. The van der Waals surface area contributed by atoms with E-state index in [1.807, 2.05) is 37.4 Å². The number of likely N-dealkylation sites (N-methyl/N-ethyl adjacent to an activating group) is 1. The number of halogens is 3. The average molecular weight is 395 g/mol. The predicted molar refractivity (Wildman–Crippen MR) is 102 cm³/mol. The molecule has 2 aromatic rings. The zero-order valence-corrected chi connectivity index (χ0v) is 15.7. The molecule has 0 unspecified atom stereocenters. The highest BCUT2D eigenvalue weighted by atomic mass is 19.4. The average Bonchev–Trinajstić information content (AvgIpc) is 2.64. The van der Waals surface area contributed by atoms with Crippen molar-refractivity contribution in [1.82, 2.24) is 4.90 Å². The van der Waals surface area contributed by atoms with Crippen LogP contribution in [0, 0.1) is 0 Å². The normalized spacial score (nSPS) is 18.3. The number of ether oxygens (including phenoxy) is 2. The van der Waals surface area contributed by atoms with Gasteiger partial charge in [-0.15, -0.1) is 13.2 Å². The van der Waals surface area contributed by atoms with Crippen LogP contribution in [0.5, 0.6) is 5.75 Å². The molecule has 1 fully saturated rings. The quantitative estimate of drug-likeness (QED) is 0.759. The predicted octanol–water partition coefficient (Wildman–Crippen LogP) is 3.50. The zero-order valence-electron chi connectivity index (χ0n) is 15.7. The van der Waals surface area contributed by atoms with Gasteiger partial charge >= 0.3 is 6.36 Å². The van der Waals surface area contributed by atoms with Crippen molar-refractivity contribution in [2.75, 3.05) is 43.9 Å². The summed E-state index contributed by atoms with van der Waals surface area (Å²) in [5.74, 6) is -0.387. The monoisotopic (exact) mass is 395 g/mol. The highest BCUT2D eigenvalue weighted by molar-refractivity contribution is 5.64. The molecule has 0 bridgehead atoms. The Morgan fingerprint density at radius 1 is 1.11 bits per heavy atom. The van der Waals surface area contributed by atoms with Crippen LogP contribution in [0.25, 0.3) is 0 Å². The first-order valence-corrected chi connectivity index (χ1v) is 9.04. The first-order chi connectivity index (χ1) is 13.3. The van der Waals surface area contributed by atoms with Crippen LogP contribution >= 0.6 is 0 Å². The van der Waals surface area contributed by atoms with Gasteiger partial charge < -0.3 is 25.0 Å². The van der Waals surface area contributed by atoms with E-state index in [-0.39, 0.29) is 17.5 Å². The first-order valence-electron chi connectivity index (χ1n) is 9.04. The number of rotatable bonds is 6. The Bertz CT molecular complexity index is 771. The maximum Gasteiger partial charge on any atom is 0.573 e. The summed E-state index contributed by atoms with van der Waals surface area (Å²) >= 11 is 0. The molecule has 152 valence electrons. The van der Waals surface area contributed by atoms with Gasteiger partial charge in [0.25, 0.3) is 0 Å². The van der Waals surface area contributed by atoms with E-state index in [0.29, 0.717) is 13.2 Å². The van der Waals surface area contributed by atoms with Crippen LogP contribution in [-0.4, -0.2) is 50.6 Å². The van der Waals surface area contributed by atoms with Crippen molar-refractivity contribution in [1.29, 1.82) is 0 Å². The number of alkyl halides is 3. The molecule has 0 aromatic heterocycles. The van der Waals surface area contributed by atoms with Crippen LogP contribution in [0.2, 0.25) is 0 Å². The van der Waals surface area contributed by atoms with Crippen molar-refractivity contribution < 1.29 is 22.6 Å². The van der Waals surface area contributed by atoms with Crippen LogP contribution in [-0.2, 0) is 11.3 Å². The molecule has 28 heavy (non-hydrogen) atoms. The van der Waals surface area contributed by atoms with Gasteiger partial charge in [-0.05, 0) is 30.8 Å². The number of hydrogen-bond acceptors (Lipinski definition) is 5. The number of nitrogen functional groups attached to an aromatic ring is 1. The minimum Gasteiger partial charge on any atom is -0.404 e. The molecule has 1 aliphatic heterocycles. The first kappa shape index (κ1) is 20.3. The molecule has 1 heterocycles. The second kappa shape index (κ2) is 8.70. The standard InChI is InChI=1S/C20H24F3N3O2/c1-25-9-10-26(16-7-8-19(18(24)11-16)28-20(21,22)23)17(12-25)14-27-13-15-5-3-2-4-6-15/h2-8,11,17H,9-10,12-14,24H2,1H3/t17-/m1/s1. The lowest BCUT2D eigenvalue weighted by Gasteiger charge is -2.41. The molecule has 2 aromatic carbocycles. The molecular formula is C20H24F3N3O2. The van der Waals surface area contributed by atoms with Gasteiger partial charge in [0, 0.05) is 25.3 Å². The number of nitrogens with zero attached hydrogens (tertiary/aromatic N) is 2. The minimum absolute atomic E-state index is 0.0438. The molecule has 0 aliphatic carbocycles. The largest absolute Gasteiger partial charge is 0.573 e. The van der Waals surface area contributed by atoms with Gasteiger partial charge in [0.2, 0.25) is 0 Å². The summed E-state index contributed by atoms with van der Waals surface area (Å²) < 4.78 is 47.2. The molecule has 1 atom stereocenters. The Labute approximate surface area is 162 Å². The van der Waals surface area contributed by atoms with Crippen molar-refractivity contribution in [2.24, 2.45) is 0 Å². The molecule has 0 spiro atoms. The van der Waals surface area contributed by atoms with E-state index in [1.165, 1.54) is 12.1 Å². The SMILES string of the molecule is CN1CCN(c2ccc(OC(F)(F)F)c(N)c2)[C@@H](COCc2ccccc2)C1. The van der Waals surface area contributed by atoms with Crippen LogP contribution in [0.4, 0.5) is 24.5 Å². The van der Waals surface area contributed by atoms with E-state index in [9.17, 15) is 13.2 Å². The lowest BCUT2D eigenvalue weighted by molar-refractivity contribution is -0.274. The van der Waals surface area contributed by atoms with Crippen molar-refractivity contribution >= 4 is 11.4 Å². The fourth-order valence-electron chi connectivity index (χ4n) is 3.31. The van der Waals surface area contributed by atoms with Crippen molar-refractivity contribution in [3.05, 3.63) is 54.1 Å². The van der Waals surface area contributed by atoms with E-state index in [1.54, 1.807) is 6.07 Å². The summed E-state index contributed by atoms with van der Waals surface area (Å²) in [4.78, 5) is 4.33. The summed E-state index contributed by atoms with van der Waals surface area (Å²) in [6, 6.07) is 14.4. The lowest BCUT2D eigenvalue weighted by Crippen LogP contribution is -2.54. The smallest absolute Gasteiger partial charge is 0.404 e.